The maximum absolute atomic E-state index is 11.9. The number of hydrogen-bond acceptors (Lipinski definition) is 3. The standard InChI is InChI=1S/C15H12Cl2N2O3S/c16-13-5-2-6-14(17)12(13)7-8-15(20)19-10-3-1-4-11(9-10)23(18,21)22/h1-9H,(H,19,20)(H2,18,21,22)/b8-7+. The van der Waals surface area contributed by atoms with Crippen LogP contribution in [0, 0.1) is 0 Å². The number of sulfonamides is 1. The molecule has 0 atom stereocenters. The van der Waals surface area contributed by atoms with Gasteiger partial charge in [-0.15, -0.1) is 0 Å². The molecule has 5 nitrogen and oxygen atoms in total. The highest BCUT2D eigenvalue weighted by molar-refractivity contribution is 7.89. The third-order valence-electron chi connectivity index (χ3n) is 2.83. The lowest BCUT2D eigenvalue weighted by Crippen LogP contribution is -2.13. The van der Waals surface area contributed by atoms with Crippen LogP contribution in [-0.4, -0.2) is 14.3 Å². The van der Waals surface area contributed by atoms with E-state index < -0.39 is 15.9 Å². The van der Waals surface area contributed by atoms with Crippen LogP contribution in [0.1, 0.15) is 5.56 Å². The zero-order chi connectivity index (χ0) is 17.0. The Morgan fingerprint density at radius 3 is 2.30 bits per heavy atom. The first-order valence-corrected chi connectivity index (χ1v) is 8.63. The molecular formula is C15H12Cl2N2O3S. The van der Waals surface area contributed by atoms with E-state index in [2.05, 4.69) is 5.32 Å². The molecule has 2 aromatic carbocycles. The maximum Gasteiger partial charge on any atom is 0.248 e. The molecule has 1 amide bonds. The number of primary sulfonamides is 1. The predicted molar refractivity (Wildman–Crippen MR) is 91.9 cm³/mol. The molecule has 0 radical (unpaired) electrons. The van der Waals surface area contributed by atoms with Crippen LogP contribution < -0.4 is 10.5 Å². The van der Waals surface area contributed by atoms with E-state index in [9.17, 15) is 13.2 Å². The number of benzene rings is 2. The van der Waals surface area contributed by atoms with Gasteiger partial charge in [-0.3, -0.25) is 4.79 Å². The summed E-state index contributed by atoms with van der Waals surface area (Å²) in [5.41, 5.74) is 0.820. The monoisotopic (exact) mass is 370 g/mol. The first-order valence-electron chi connectivity index (χ1n) is 6.33. The van der Waals surface area contributed by atoms with Crippen molar-refractivity contribution in [2.24, 2.45) is 5.14 Å². The number of carbonyl (C=O) groups is 1. The normalized spacial score (nSPS) is 11.6. The number of carbonyl (C=O) groups excluding carboxylic acids is 1. The van der Waals surface area contributed by atoms with E-state index in [4.69, 9.17) is 28.3 Å². The largest absolute Gasteiger partial charge is 0.322 e. The van der Waals surface area contributed by atoms with Crippen LogP contribution in [0.4, 0.5) is 5.69 Å². The fourth-order valence-electron chi connectivity index (χ4n) is 1.76. The van der Waals surface area contributed by atoms with E-state index in [1.54, 1.807) is 24.3 Å². The molecule has 0 aliphatic heterocycles. The van der Waals surface area contributed by atoms with Crippen LogP contribution >= 0.6 is 23.2 Å². The number of amides is 1. The van der Waals surface area contributed by atoms with E-state index >= 15 is 0 Å². The second-order valence-corrected chi connectivity index (χ2v) is 6.91. The molecule has 0 unspecified atom stereocenters. The van der Waals surface area contributed by atoms with Crippen molar-refractivity contribution in [1.29, 1.82) is 0 Å². The Morgan fingerprint density at radius 2 is 1.70 bits per heavy atom. The lowest BCUT2D eigenvalue weighted by atomic mass is 10.2. The number of anilines is 1. The smallest absolute Gasteiger partial charge is 0.248 e. The molecule has 0 spiro atoms. The molecule has 0 aliphatic rings. The Labute approximate surface area is 143 Å². The van der Waals surface area contributed by atoms with Gasteiger partial charge >= 0.3 is 0 Å². The first-order chi connectivity index (χ1) is 10.8. The van der Waals surface area contributed by atoms with Gasteiger partial charge in [0.1, 0.15) is 0 Å². The quantitative estimate of drug-likeness (QED) is 0.809. The minimum atomic E-state index is -3.83. The van der Waals surface area contributed by atoms with Crippen molar-refractivity contribution in [1.82, 2.24) is 0 Å². The van der Waals surface area contributed by atoms with Crippen molar-refractivity contribution in [2.75, 3.05) is 5.32 Å². The van der Waals surface area contributed by atoms with Gasteiger partial charge in [0.2, 0.25) is 15.9 Å². The summed E-state index contributed by atoms with van der Waals surface area (Å²) in [5, 5.41) is 8.40. The minimum absolute atomic E-state index is 0.0894. The molecule has 0 aromatic heterocycles. The van der Waals surface area contributed by atoms with Crippen LogP contribution in [0.2, 0.25) is 10.0 Å². The summed E-state index contributed by atoms with van der Waals surface area (Å²) < 4.78 is 22.6. The van der Waals surface area contributed by atoms with Crippen molar-refractivity contribution in [3.05, 3.63) is 64.1 Å². The van der Waals surface area contributed by atoms with Gasteiger partial charge < -0.3 is 5.32 Å². The number of rotatable bonds is 4. The van der Waals surface area contributed by atoms with Crippen molar-refractivity contribution >= 4 is 50.9 Å². The lowest BCUT2D eigenvalue weighted by Gasteiger charge is -2.05. The Hall–Kier alpha value is -1.86. The molecule has 0 bridgehead atoms. The molecule has 2 aromatic rings. The molecule has 0 saturated carbocycles. The summed E-state index contributed by atoms with van der Waals surface area (Å²) >= 11 is 12.0. The molecule has 8 heteroatoms. The van der Waals surface area contributed by atoms with Gasteiger partial charge in [-0.05, 0) is 36.4 Å². The molecular weight excluding hydrogens is 359 g/mol. The van der Waals surface area contributed by atoms with E-state index in [-0.39, 0.29) is 4.90 Å². The number of hydrogen-bond donors (Lipinski definition) is 2. The summed E-state index contributed by atoms with van der Waals surface area (Å²) in [6, 6.07) is 10.6. The number of nitrogens with one attached hydrogen (secondary N) is 1. The number of halogens is 2. The van der Waals surface area contributed by atoms with Crippen molar-refractivity contribution in [2.45, 2.75) is 4.90 Å². The zero-order valence-electron chi connectivity index (χ0n) is 11.7. The van der Waals surface area contributed by atoms with Gasteiger partial charge in [-0.2, -0.15) is 0 Å². The Kier molecular flexibility index (Phi) is 5.43. The van der Waals surface area contributed by atoms with Gasteiger partial charge in [0.25, 0.3) is 0 Å². The zero-order valence-corrected chi connectivity index (χ0v) is 14.0. The molecule has 120 valence electrons. The average molecular weight is 371 g/mol. The molecule has 0 aliphatic carbocycles. The van der Waals surface area contributed by atoms with Crippen molar-refractivity contribution in [3.8, 4) is 0 Å². The van der Waals surface area contributed by atoms with Gasteiger partial charge in [0, 0.05) is 27.4 Å². The SMILES string of the molecule is NS(=O)(=O)c1cccc(NC(=O)/C=C/c2c(Cl)cccc2Cl)c1. The molecule has 3 N–H and O–H groups in total. The van der Waals surface area contributed by atoms with Crippen molar-refractivity contribution < 1.29 is 13.2 Å². The highest BCUT2D eigenvalue weighted by Crippen LogP contribution is 2.25. The molecule has 0 heterocycles. The predicted octanol–water partition coefficient (Wildman–Crippen LogP) is 3.29. The fourth-order valence-corrected chi connectivity index (χ4v) is 2.85. The fraction of sp³-hybridized carbons (Fsp3) is 0. The Balaban J connectivity index is 2.16. The molecule has 2 rings (SSSR count). The topological polar surface area (TPSA) is 89.3 Å². The van der Waals surface area contributed by atoms with E-state index in [1.807, 2.05) is 0 Å². The molecule has 0 fully saturated rings. The highest BCUT2D eigenvalue weighted by Gasteiger charge is 2.09. The van der Waals surface area contributed by atoms with E-state index in [0.29, 0.717) is 21.3 Å². The van der Waals surface area contributed by atoms with E-state index in [0.717, 1.165) is 0 Å². The van der Waals surface area contributed by atoms with Crippen molar-refractivity contribution in [3.63, 3.8) is 0 Å². The second-order valence-electron chi connectivity index (χ2n) is 4.53. The van der Waals surface area contributed by atoms with Crippen LogP contribution in [-0.2, 0) is 14.8 Å². The summed E-state index contributed by atoms with van der Waals surface area (Å²) in [6.45, 7) is 0. The highest BCUT2D eigenvalue weighted by atomic mass is 35.5. The van der Waals surface area contributed by atoms with Gasteiger partial charge in [0.05, 0.1) is 4.90 Å². The molecule has 0 saturated heterocycles. The van der Waals surface area contributed by atoms with Gasteiger partial charge in [-0.1, -0.05) is 35.3 Å². The van der Waals surface area contributed by atoms with Crippen LogP contribution in [0.25, 0.3) is 6.08 Å². The third kappa shape index (κ3) is 4.80. The summed E-state index contributed by atoms with van der Waals surface area (Å²) in [5.74, 6) is -0.465. The average Bonchev–Trinajstić information content (AvgIpc) is 2.46. The van der Waals surface area contributed by atoms with Gasteiger partial charge in [0.15, 0.2) is 0 Å². The summed E-state index contributed by atoms with van der Waals surface area (Å²) in [4.78, 5) is 11.8. The lowest BCUT2D eigenvalue weighted by molar-refractivity contribution is -0.111. The molecule has 23 heavy (non-hydrogen) atoms. The Bertz CT molecular complexity index is 860. The number of nitrogens with two attached hydrogens (primary N) is 1. The minimum Gasteiger partial charge on any atom is -0.322 e. The van der Waals surface area contributed by atoms with Crippen LogP contribution in [0.5, 0.6) is 0 Å². The van der Waals surface area contributed by atoms with Crippen LogP contribution in [0.3, 0.4) is 0 Å². The van der Waals surface area contributed by atoms with E-state index in [1.165, 1.54) is 30.4 Å². The van der Waals surface area contributed by atoms with Crippen LogP contribution in [0.15, 0.2) is 53.4 Å². The Morgan fingerprint density at radius 1 is 1.09 bits per heavy atom. The third-order valence-corrected chi connectivity index (χ3v) is 4.40. The first kappa shape index (κ1) is 17.5. The van der Waals surface area contributed by atoms with Gasteiger partial charge in [-0.25, -0.2) is 13.6 Å². The maximum atomic E-state index is 11.9. The second kappa shape index (κ2) is 7.14. The summed E-state index contributed by atoms with van der Waals surface area (Å²) in [6.07, 6.45) is 2.72. The summed E-state index contributed by atoms with van der Waals surface area (Å²) in [7, 11) is -3.83.